The van der Waals surface area contributed by atoms with Gasteiger partial charge in [0, 0.05) is 30.6 Å². The molecule has 2 N–H and O–H groups in total. The highest BCUT2D eigenvalue weighted by molar-refractivity contribution is 5.92. The number of aromatic nitrogens is 5. The van der Waals surface area contributed by atoms with Crippen molar-refractivity contribution in [3.63, 3.8) is 0 Å². The van der Waals surface area contributed by atoms with Gasteiger partial charge in [0.1, 0.15) is 17.8 Å². The lowest BCUT2D eigenvalue weighted by Crippen LogP contribution is -2.36. The summed E-state index contributed by atoms with van der Waals surface area (Å²) < 4.78 is 5.69. The molecule has 0 amide bonds. The van der Waals surface area contributed by atoms with Crippen molar-refractivity contribution in [2.75, 3.05) is 18.0 Å². The molecule has 1 fully saturated rings. The number of nitrogens with one attached hydrogen (secondary N) is 1. The zero-order chi connectivity index (χ0) is 18.1. The minimum absolute atomic E-state index is 0.0513. The maximum atomic E-state index is 9.69. The number of ether oxygens (including phenoxy) is 1. The predicted molar refractivity (Wildman–Crippen MR) is 98.1 cm³/mol. The van der Waals surface area contributed by atoms with Crippen LogP contribution in [-0.4, -0.2) is 55.6 Å². The van der Waals surface area contributed by atoms with E-state index in [0.29, 0.717) is 5.88 Å². The van der Waals surface area contributed by atoms with Crippen LogP contribution in [0.2, 0.25) is 0 Å². The Hall–Kier alpha value is -2.74. The quantitative estimate of drug-likeness (QED) is 0.740. The molecule has 0 atom stereocenters. The lowest BCUT2D eigenvalue weighted by Gasteiger charge is -2.30. The number of rotatable bonds is 4. The largest absolute Gasteiger partial charge is 0.475 e. The number of piperidine rings is 1. The molecule has 0 radical (unpaired) electrons. The van der Waals surface area contributed by atoms with Crippen molar-refractivity contribution >= 4 is 16.7 Å². The third kappa shape index (κ3) is 3.32. The van der Waals surface area contributed by atoms with Crippen molar-refractivity contribution in [2.45, 2.75) is 38.9 Å². The Morgan fingerprint density at radius 3 is 2.77 bits per heavy atom. The molecule has 0 spiro atoms. The van der Waals surface area contributed by atoms with E-state index in [1.165, 1.54) is 0 Å². The number of nitrogens with zero attached hydrogens (tertiary/aromatic N) is 5. The van der Waals surface area contributed by atoms with Gasteiger partial charge in [0.05, 0.1) is 29.6 Å². The normalized spacial score (nSPS) is 15.8. The molecular formula is C18H22N6O2. The molecule has 0 aromatic carbocycles. The number of pyridine rings is 1. The van der Waals surface area contributed by atoms with E-state index in [1.807, 2.05) is 26.0 Å². The van der Waals surface area contributed by atoms with E-state index in [2.05, 4.69) is 30.0 Å². The zero-order valence-electron chi connectivity index (χ0n) is 14.9. The molecule has 4 rings (SSSR count). The van der Waals surface area contributed by atoms with E-state index in [0.717, 1.165) is 54.0 Å². The molecule has 0 bridgehead atoms. The predicted octanol–water partition coefficient (Wildman–Crippen LogP) is 2.16. The van der Waals surface area contributed by atoms with Crippen LogP contribution in [0.3, 0.4) is 0 Å². The van der Waals surface area contributed by atoms with E-state index in [4.69, 9.17) is 4.74 Å². The van der Waals surface area contributed by atoms with Gasteiger partial charge in [-0.2, -0.15) is 5.10 Å². The summed E-state index contributed by atoms with van der Waals surface area (Å²) in [6.45, 7) is 5.51. The third-order valence-corrected chi connectivity index (χ3v) is 4.46. The first-order valence-electron chi connectivity index (χ1n) is 8.86. The average Bonchev–Trinajstić information content (AvgIpc) is 3.05. The van der Waals surface area contributed by atoms with Crippen molar-refractivity contribution in [1.29, 1.82) is 0 Å². The highest BCUT2D eigenvalue weighted by Crippen LogP contribution is 2.29. The molecular weight excluding hydrogens is 332 g/mol. The van der Waals surface area contributed by atoms with Gasteiger partial charge >= 0.3 is 0 Å². The van der Waals surface area contributed by atoms with Crippen LogP contribution in [0.15, 0.2) is 24.7 Å². The highest BCUT2D eigenvalue weighted by Gasteiger charge is 2.19. The average molecular weight is 354 g/mol. The Balaban J connectivity index is 1.68. The van der Waals surface area contributed by atoms with Crippen LogP contribution in [0, 0.1) is 0 Å². The number of fused-ring (bicyclic) bond motifs is 1. The molecule has 1 saturated heterocycles. The first-order chi connectivity index (χ1) is 12.6. The Morgan fingerprint density at radius 1 is 1.19 bits per heavy atom. The van der Waals surface area contributed by atoms with E-state index < -0.39 is 0 Å². The molecule has 1 aliphatic rings. The standard InChI is InChI=1S/C18H22N6O2/c1-11(2)26-17-7-13-15(9-19-17)22-23-18(13)14-8-16(21-10-20-14)24-5-3-12(25)4-6-24/h7-12,25H,3-6H2,1-2H3,(H,22,23). The molecule has 8 heteroatoms. The minimum atomic E-state index is -0.213. The van der Waals surface area contributed by atoms with Gasteiger partial charge in [-0.25, -0.2) is 15.0 Å². The number of hydrogen-bond acceptors (Lipinski definition) is 7. The van der Waals surface area contributed by atoms with Crippen LogP contribution < -0.4 is 9.64 Å². The number of aliphatic hydroxyl groups excluding tert-OH is 1. The minimum Gasteiger partial charge on any atom is -0.475 e. The Morgan fingerprint density at radius 2 is 2.00 bits per heavy atom. The summed E-state index contributed by atoms with van der Waals surface area (Å²) in [5, 5.41) is 18.0. The molecule has 3 aromatic rings. The van der Waals surface area contributed by atoms with Crippen molar-refractivity contribution in [1.82, 2.24) is 25.1 Å². The van der Waals surface area contributed by atoms with E-state index in [-0.39, 0.29) is 12.2 Å². The van der Waals surface area contributed by atoms with Gasteiger partial charge in [0.15, 0.2) is 0 Å². The smallest absolute Gasteiger partial charge is 0.214 e. The number of H-pyrrole nitrogens is 1. The third-order valence-electron chi connectivity index (χ3n) is 4.46. The molecule has 8 nitrogen and oxygen atoms in total. The second-order valence-corrected chi connectivity index (χ2v) is 6.79. The zero-order valence-corrected chi connectivity index (χ0v) is 14.9. The van der Waals surface area contributed by atoms with Gasteiger partial charge in [-0.1, -0.05) is 0 Å². The second kappa shape index (κ2) is 6.87. The van der Waals surface area contributed by atoms with Gasteiger partial charge in [-0.3, -0.25) is 5.10 Å². The second-order valence-electron chi connectivity index (χ2n) is 6.79. The first-order valence-corrected chi connectivity index (χ1v) is 8.86. The summed E-state index contributed by atoms with van der Waals surface area (Å²) in [7, 11) is 0. The maximum Gasteiger partial charge on any atom is 0.214 e. The number of aromatic amines is 1. The van der Waals surface area contributed by atoms with Gasteiger partial charge in [-0.15, -0.1) is 0 Å². The Labute approximate surface area is 151 Å². The molecule has 136 valence electrons. The van der Waals surface area contributed by atoms with Crippen LogP contribution in [0.4, 0.5) is 5.82 Å². The molecule has 1 aliphatic heterocycles. The summed E-state index contributed by atoms with van der Waals surface area (Å²) in [6.07, 6.45) is 4.63. The van der Waals surface area contributed by atoms with Crippen molar-refractivity contribution < 1.29 is 9.84 Å². The Kier molecular flexibility index (Phi) is 4.42. The van der Waals surface area contributed by atoms with Crippen molar-refractivity contribution in [3.8, 4) is 17.3 Å². The SMILES string of the molecule is CC(C)Oc1cc2c(-c3cc(N4CCC(O)CC4)ncn3)n[nH]c2cn1. The van der Waals surface area contributed by atoms with E-state index in [1.54, 1.807) is 12.5 Å². The fourth-order valence-electron chi connectivity index (χ4n) is 3.14. The molecule has 0 saturated carbocycles. The van der Waals surface area contributed by atoms with Crippen molar-refractivity contribution in [3.05, 3.63) is 24.7 Å². The van der Waals surface area contributed by atoms with Gasteiger partial charge < -0.3 is 14.7 Å². The van der Waals surface area contributed by atoms with E-state index in [9.17, 15) is 5.11 Å². The van der Waals surface area contributed by atoms with Crippen LogP contribution in [0.5, 0.6) is 5.88 Å². The van der Waals surface area contributed by atoms with Crippen LogP contribution in [-0.2, 0) is 0 Å². The fourth-order valence-corrected chi connectivity index (χ4v) is 3.14. The van der Waals surface area contributed by atoms with Gasteiger partial charge in [0.25, 0.3) is 0 Å². The number of hydrogen-bond donors (Lipinski definition) is 2. The summed E-state index contributed by atoms with van der Waals surface area (Å²) >= 11 is 0. The molecule has 0 unspecified atom stereocenters. The lowest BCUT2D eigenvalue weighted by atomic mass is 10.1. The van der Waals surface area contributed by atoms with Gasteiger partial charge in [0.2, 0.25) is 5.88 Å². The lowest BCUT2D eigenvalue weighted by molar-refractivity contribution is 0.145. The maximum absolute atomic E-state index is 9.69. The molecule has 26 heavy (non-hydrogen) atoms. The van der Waals surface area contributed by atoms with Gasteiger partial charge in [-0.05, 0) is 26.7 Å². The highest BCUT2D eigenvalue weighted by atomic mass is 16.5. The summed E-state index contributed by atoms with van der Waals surface area (Å²) in [5.41, 5.74) is 2.32. The summed E-state index contributed by atoms with van der Waals surface area (Å²) in [6, 6.07) is 3.82. The molecule has 4 heterocycles. The monoisotopic (exact) mass is 354 g/mol. The van der Waals surface area contributed by atoms with Crippen LogP contribution in [0.25, 0.3) is 22.3 Å². The number of aliphatic hydroxyl groups is 1. The van der Waals surface area contributed by atoms with Crippen LogP contribution in [0.1, 0.15) is 26.7 Å². The van der Waals surface area contributed by atoms with Crippen LogP contribution >= 0.6 is 0 Å². The summed E-state index contributed by atoms with van der Waals surface area (Å²) in [5.74, 6) is 1.42. The van der Waals surface area contributed by atoms with E-state index >= 15 is 0 Å². The van der Waals surface area contributed by atoms with Crippen molar-refractivity contribution in [2.24, 2.45) is 0 Å². The fraction of sp³-hybridized carbons (Fsp3) is 0.444. The topological polar surface area (TPSA) is 100 Å². The number of anilines is 1. The summed E-state index contributed by atoms with van der Waals surface area (Å²) in [4.78, 5) is 15.3. The first kappa shape index (κ1) is 16.7. The molecule has 3 aromatic heterocycles. The molecule has 0 aliphatic carbocycles. The Bertz CT molecular complexity index is 902.